The third kappa shape index (κ3) is 2.72. The van der Waals surface area contributed by atoms with E-state index in [0.717, 1.165) is 0 Å². The van der Waals surface area contributed by atoms with Gasteiger partial charge in [-0.15, -0.1) is 0 Å². The van der Waals surface area contributed by atoms with Gasteiger partial charge in [0.15, 0.2) is 0 Å². The highest BCUT2D eigenvalue weighted by Crippen LogP contribution is 2.15. The Hall–Kier alpha value is -2.21. The summed E-state index contributed by atoms with van der Waals surface area (Å²) in [6, 6.07) is 15.5. The first kappa shape index (κ1) is 12.3. The Bertz CT molecular complexity index is 652. The fourth-order valence-corrected chi connectivity index (χ4v) is 2.22. The molecule has 0 radical (unpaired) electrons. The van der Waals surface area contributed by atoms with Crippen LogP contribution in [-0.4, -0.2) is 13.3 Å². The number of para-hydroxylation sites is 1. The predicted molar refractivity (Wildman–Crippen MR) is 65.8 cm³/mol. The highest BCUT2D eigenvalue weighted by atomic mass is 32.2. The zero-order valence-corrected chi connectivity index (χ0v) is 10.1. The molecule has 0 N–H and O–H groups in total. The number of sulfonamides is 1. The molecule has 0 aliphatic heterocycles. The van der Waals surface area contributed by atoms with Gasteiger partial charge in [0, 0.05) is 12.1 Å². The van der Waals surface area contributed by atoms with Gasteiger partial charge in [-0.1, -0.05) is 36.4 Å². The number of nitrogens with zero attached hydrogens (tertiary/aromatic N) is 2. The lowest BCUT2D eigenvalue weighted by Gasteiger charge is -1.99. The van der Waals surface area contributed by atoms with Crippen molar-refractivity contribution in [2.75, 3.05) is 0 Å². The maximum absolute atomic E-state index is 11.8. The second kappa shape index (κ2) is 4.97. The summed E-state index contributed by atoms with van der Waals surface area (Å²) in [4.78, 5) is 0.0873. The Morgan fingerprint density at radius 1 is 0.889 bits per heavy atom. The van der Waals surface area contributed by atoms with Crippen LogP contribution in [0.5, 0.6) is 0 Å². The normalized spacial score (nSPS) is 12.3. The third-order valence-electron chi connectivity index (χ3n) is 2.20. The molecule has 0 amide bonds. The zero-order valence-electron chi connectivity index (χ0n) is 9.30. The molecular formula is C12H10N2O3S. The largest absolute Gasteiger partial charge is 0.593 e. The van der Waals surface area contributed by atoms with Gasteiger partial charge in [0.2, 0.25) is 5.69 Å². The fourth-order valence-electron chi connectivity index (χ4n) is 1.34. The average Bonchev–Trinajstić information content (AvgIpc) is 2.40. The summed E-state index contributed by atoms with van der Waals surface area (Å²) in [5.74, 6) is 0. The molecule has 0 bridgehead atoms. The van der Waals surface area contributed by atoms with Crippen molar-refractivity contribution in [2.24, 2.45) is 4.52 Å². The van der Waals surface area contributed by atoms with Gasteiger partial charge in [0.05, 0.1) is 4.90 Å². The molecule has 2 aromatic rings. The third-order valence-corrected chi connectivity index (χ3v) is 3.43. The minimum Gasteiger partial charge on any atom is -0.593 e. The summed E-state index contributed by atoms with van der Waals surface area (Å²) in [7, 11) is -3.97. The van der Waals surface area contributed by atoms with Crippen LogP contribution in [0, 0.1) is 5.21 Å². The second-order valence-electron chi connectivity index (χ2n) is 3.48. The van der Waals surface area contributed by atoms with Crippen molar-refractivity contribution >= 4 is 15.7 Å². The van der Waals surface area contributed by atoms with E-state index in [1.165, 1.54) is 24.3 Å². The van der Waals surface area contributed by atoms with Gasteiger partial charge in [-0.3, -0.25) is 0 Å². The Kier molecular flexibility index (Phi) is 3.38. The summed E-state index contributed by atoms with van der Waals surface area (Å²) >= 11 is 0. The molecule has 2 rings (SSSR count). The SMILES string of the molecule is O=S(=O)(/N=[N+](/[O-])c1ccccc1)c1ccccc1. The van der Waals surface area contributed by atoms with Crippen molar-refractivity contribution in [2.45, 2.75) is 4.90 Å². The van der Waals surface area contributed by atoms with Crippen molar-refractivity contribution in [1.82, 2.24) is 0 Å². The molecule has 0 saturated heterocycles. The van der Waals surface area contributed by atoms with Crippen LogP contribution in [-0.2, 0) is 10.0 Å². The summed E-state index contributed by atoms with van der Waals surface area (Å²) in [6.45, 7) is 0. The lowest BCUT2D eigenvalue weighted by molar-refractivity contribution is -0.430. The van der Waals surface area contributed by atoms with Crippen LogP contribution in [0.2, 0.25) is 0 Å². The van der Waals surface area contributed by atoms with Gasteiger partial charge in [-0.2, -0.15) is 8.42 Å². The van der Waals surface area contributed by atoms with Crippen molar-refractivity contribution < 1.29 is 13.3 Å². The van der Waals surface area contributed by atoms with E-state index < -0.39 is 10.0 Å². The molecule has 92 valence electrons. The minimum atomic E-state index is -3.97. The zero-order chi connectivity index (χ0) is 13.0. The van der Waals surface area contributed by atoms with E-state index in [1.807, 2.05) is 0 Å². The van der Waals surface area contributed by atoms with Crippen LogP contribution in [0.25, 0.3) is 0 Å². The molecular weight excluding hydrogens is 252 g/mol. The summed E-state index contributed by atoms with van der Waals surface area (Å²) < 4.78 is 26.8. The quantitative estimate of drug-likeness (QED) is 0.485. The van der Waals surface area contributed by atoms with E-state index in [2.05, 4.69) is 4.52 Å². The van der Waals surface area contributed by atoms with Gasteiger partial charge in [0.1, 0.15) is 4.52 Å². The van der Waals surface area contributed by atoms with Crippen LogP contribution < -0.4 is 0 Å². The van der Waals surface area contributed by atoms with Gasteiger partial charge < -0.3 is 5.21 Å². The Morgan fingerprint density at radius 3 is 1.94 bits per heavy atom. The molecule has 0 fully saturated rings. The number of hydrogen-bond acceptors (Lipinski definition) is 3. The standard InChI is InChI=1S/C12H10N2O3S/c15-14(11-7-3-1-4-8-11)13-18(16,17)12-9-5-2-6-10-12/h1-10H/b14-13+. The molecule has 0 spiro atoms. The van der Waals surface area contributed by atoms with E-state index >= 15 is 0 Å². The van der Waals surface area contributed by atoms with Gasteiger partial charge in [-0.05, 0) is 17.0 Å². The van der Waals surface area contributed by atoms with E-state index in [0.29, 0.717) is 0 Å². The maximum atomic E-state index is 11.8. The molecule has 18 heavy (non-hydrogen) atoms. The van der Waals surface area contributed by atoms with Crippen LogP contribution in [0.4, 0.5) is 5.69 Å². The molecule has 0 aliphatic rings. The van der Waals surface area contributed by atoms with E-state index in [9.17, 15) is 13.6 Å². The molecule has 0 saturated carbocycles. The van der Waals surface area contributed by atoms with Crippen molar-refractivity contribution in [3.8, 4) is 0 Å². The summed E-state index contributed by atoms with van der Waals surface area (Å²) in [5.41, 5.74) is 0.164. The van der Waals surface area contributed by atoms with Crippen LogP contribution in [0.3, 0.4) is 0 Å². The van der Waals surface area contributed by atoms with Crippen LogP contribution in [0.1, 0.15) is 0 Å². The second-order valence-corrected chi connectivity index (χ2v) is 5.06. The first-order chi connectivity index (χ1) is 8.59. The van der Waals surface area contributed by atoms with Crippen LogP contribution >= 0.6 is 0 Å². The van der Waals surface area contributed by atoms with Crippen molar-refractivity contribution in [3.05, 3.63) is 65.9 Å². The molecule has 2 aromatic carbocycles. The number of benzene rings is 2. The van der Waals surface area contributed by atoms with Gasteiger partial charge >= 0.3 is 10.0 Å². The Balaban J connectivity index is 2.39. The lowest BCUT2D eigenvalue weighted by atomic mass is 10.3. The molecule has 0 atom stereocenters. The highest BCUT2D eigenvalue weighted by Gasteiger charge is 2.17. The fraction of sp³-hybridized carbons (Fsp3) is 0. The first-order valence-corrected chi connectivity index (χ1v) is 6.59. The predicted octanol–water partition coefficient (Wildman–Crippen LogP) is 2.67. The topological polar surface area (TPSA) is 72.6 Å². The lowest BCUT2D eigenvalue weighted by Crippen LogP contribution is -2.02. The highest BCUT2D eigenvalue weighted by molar-refractivity contribution is 7.89. The van der Waals surface area contributed by atoms with Crippen LogP contribution in [0.15, 0.2) is 70.1 Å². The molecule has 0 unspecified atom stereocenters. The summed E-state index contributed by atoms with van der Waals surface area (Å²) in [6.07, 6.45) is 0. The average molecular weight is 262 g/mol. The first-order valence-electron chi connectivity index (χ1n) is 5.15. The van der Waals surface area contributed by atoms with E-state index in [4.69, 9.17) is 0 Å². The van der Waals surface area contributed by atoms with Gasteiger partial charge in [-0.25, -0.2) is 0 Å². The molecule has 6 heteroatoms. The van der Waals surface area contributed by atoms with E-state index in [-0.39, 0.29) is 15.4 Å². The Labute approximate surface area is 105 Å². The molecule has 5 nitrogen and oxygen atoms in total. The van der Waals surface area contributed by atoms with Gasteiger partial charge in [0.25, 0.3) is 0 Å². The molecule has 0 heterocycles. The number of hydrogen-bond donors (Lipinski definition) is 0. The molecule has 0 aromatic heterocycles. The maximum Gasteiger partial charge on any atom is 0.337 e. The number of rotatable bonds is 3. The minimum absolute atomic E-state index is 0.0122. The van der Waals surface area contributed by atoms with Crippen molar-refractivity contribution in [1.29, 1.82) is 0 Å². The smallest absolute Gasteiger partial charge is 0.337 e. The Morgan fingerprint density at radius 2 is 1.39 bits per heavy atom. The summed E-state index contributed by atoms with van der Waals surface area (Å²) in [5, 5.41) is 11.6. The van der Waals surface area contributed by atoms with Crippen molar-refractivity contribution in [3.63, 3.8) is 0 Å². The van der Waals surface area contributed by atoms with E-state index in [1.54, 1.807) is 36.4 Å². The monoisotopic (exact) mass is 262 g/mol. The molecule has 0 aliphatic carbocycles.